The van der Waals surface area contributed by atoms with Gasteiger partial charge in [-0.1, -0.05) is 97.1 Å². The lowest BCUT2D eigenvalue weighted by atomic mass is 9.93. The van der Waals surface area contributed by atoms with Gasteiger partial charge in [-0.15, -0.1) is 0 Å². The molecule has 6 aromatic rings. The second-order valence-corrected chi connectivity index (χ2v) is 10.7. The molecule has 0 saturated carbocycles. The zero-order chi connectivity index (χ0) is 33.0. The zero-order valence-corrected chi connectivity index (χ0v) is 25.1. The van der Waals surface area contributed by atoms with E-state index in [4.69, 9.17) is 16.1 Å². The van der Waals surface area contributed by atoms with E-state index in [-0.39, 0.29) is 11.4 Å². The van der Waals surface area contributed by atoms with Crippen LogP contribution >= 0.6 is 0 Å². The van der Waals surface area contributed by atoms with Crippen LogP contribution in [0.4, 0.5) is 17.1 Å². The smallest absolute Gasteiger partial charge is 0.268 e. The average molecular weight is 626 g/mol. The van der Waals surface area contributed by atoms with Gasteiger partial charge in [-0.25, -0.2) is 4.99 Å². The van der Waals surface area contributed by atoms with Crippen LogP contribution in [-0.2, 0) is 4.79 Å². The van der Waals surface area contributed by atoms with Gasteiger partial charge in [0.15, 0.2) is 0 Å². The third-order valence-electron chi connectivity index (χ3n) is 7.99. The summed E-state index contributed by atoms with van der Waals surface area (Å²) in [4.78, 5) is 41.4. The number of nitrogens with zero attached hydrogens (tertiary/aromatic N) is 8. The van der Waals surface area contributed by atoms with Crippen LogP contribution in [-0.4, -0.2) is 22.5 Å². The lowest BCUT2D eigenvalue weighted by Gasteiger charge is -2.25. The maximum Gasteiger partial charge on any atom is 0.268 e. The fourth-order valence-electron chi connectivity index (χ4n) is 5.98. The molecule has 0 fully saturated rings. The van der Waals surface area contributed by atoms with Crippen molar-refractivity contribution in [1.29, 1.82) is 0 Å². The predicted molar refractivity (Wildman–Crippen MR) is 186 cm³/mol. The number of azide groups is 2. The lowest BCUT2D eigenvalue weighted by Crippen LogP contribution is -2.09. The maximum atomic E-state index is 13.0. The van der Waals surface area contributed by atoms with E-state index < -0.39 is 11.8 Å². The molecule has 11 nitrogen and oxygen atoms in total. The van der Waals surface area contributed by atoms with E-state index in [9.17, 15) is 9.59 Å². The molecule has 0 radical (unpaired) electrons. The molecule has 1 aliphatic heterocycles. The lowest BCUT2D eigenvalue weighted by molar-refractivity contribution is -0.111. The minimum atomic E-state index is -0.813. The Balaban J connectivity index is 1.49. The van der Waals surface area contributed by atoms with Crippen LogP contribution in [0.25, 0.3) is 42.9 Å². The van der Waals surface area contributed by atoms with E-state index in [1.807, 2.05) is 109 Å². The van der Waals surface area contributed by atoms with Gasteiger partial charge in [-0.3, -0.25) is 9.59 Å². The van der Waals surface area contributed by atoms with Crippen LogP contribution in [0.3, 0.4) is 0 Å². The Bertz CT molecular complexity index is 2340. The van der Waals surface area contributed by atoms with Crippen LogP contribution in [0, 0.1) is 0 Å². The molecule has 1 N–H and O–H groups in total. The molecule has 1 aromatic heterocycles. The van der Waals surface area contributed by atoms with Gasteiger partial charge in [0, 0.05) is 54.4 Å². The molecular formula is C37H23N9O2. The Morgan fingerprint density at radius 1 is 0.583 bits per heavy atom. The number of carbonyl (C=O) groups is 2. The van der Waals surface area contributed by atoms with Crippen molar-refractivity contribution in [2.24, 2.45) is 15.2 Å². The molecule has 0 spiro atoms. The van der Waals surface area contributed by atoms with E-state index in [2.05, 4.69) is 29.9 Å². The molecule has 228 valence electrons. The molecule has 0 unspecified atom stereocenters. The maximum absolute atomic E-state index is 13.0. The first kappa shape index (κ1) is 29.5. The Morgan fingerprint density at radius 2 is 1.08 bits per heavy atom. The fraction of sp³-hybridized carbons (Fsp3) is 0. The molecule has 1 aliphatic rings. The SMILES string of the molecule is [N-]=[N+]=NC(=O)C1=N/C(=C(/c2ccc(N(c3ccccc3)c3ccccc3)cc2)c2[nH]c(C(=O)N=[N+]=[N-])c3ccccc23)c2ccccc21. The number of amides is 2. The van der Waals surface area contributed by atoms with E-state index in [1.54, 1.807) is 24.3 Å². The van der Waals surface area contributed by atoms with E-state index in [0.717, 1.165) is 22.6 Å². The van der Waals surface area contributed by atoms with Gasteiger partial charge in [-0.2, -0.15) is 0 Å². The minimum Gasteiger partial charge on any atom is -0.351 e. The molecule has 0 aliphatic carbocycles. The van der Waals surface area contributed by atoms with Crippen molar-refractivity contribution < 1.29 is 9.59 Å². The first-order valence-electron chi connectivity index (χ1n) is 14.8. The minimum absolute atomic E-state index is 0.00749. The summed E-state index contributed by atoms with van der Waals surface area (Å²) in [6.45, 7) is 0. The van der Waals surface area contributed by atoms with Crippen molar-refractivity contribution in [2.45, 2.75) is 0 Å². The summed E-state index contributed by atoms with van der Waals surface area (Å²) in [5.74, 6) is -1.58. The highest BCUT2D eigenvalue weighted by Gasteiger charge is 2.30. The van der Waals surface area contributed by atoms with Crippen LogP contribution < -0.4 is 4.90 Å². The number of rotatable bonds is 7. The third-order valence-corrected chi connectivity index (χ3v) is 7.99. The van der Waals surface area contributed by atoms with Crippen LogP contribution in [0.1, 0.15) is 32.9 Å². The van der Waals surface area contributed by atoms with Crippen molar-refractivity contribution in [3.63, 3.8) is 0 Å². The topological polar surface area (TPSA) is 163 Å². The summed E-state index contributed by atoms with van der Waals surface area (Å²) >= 11 is 0. The van der Waals surface area contributed by atoms with Crippen LogP contribution in [0.15, 0.2) is 149 Å². The van der Waals surface area contributed by atoms with Gasteiger partial charge in [-0.05, 0) is 63.3 Å². The summed E-state index contributed by atoms with van der Waals surface area (Å²) in [5.41, 5.74) is 24.5. The van der Waals surface area contributed by atoms with Gasteiger partial charge in [0.25, 0.3) is 11.8 Å². The largest absolute Gasteiger partial charge is 0.351 e. The van der Waals surface area contributed by atoms with Gasteiger partial charge in [0.1, 0.15) is 5.71 Å². The van der Waals surface area contributed by atoms with Crippen molar-refractivity contribution in [3.05, 3.63) is 182 Å². The van der Waals surface area contributed by atoms with Gasteiger partial charge in [0.05, 0.1) is 17.1 Å². The number of aliphatic imine (C=N–C) groups is 1. The number of fused-ring (bicyclic) bond motifs is 2. The second-order valence-electron chi connectivity index (χ2n) is 10.7. The summed E-state index contributed by atoms with van der Waals surface area (Å²) in [5, 5.41) is 7.89. The molecule has 11 heteroatoms. The zero-order valence-electron chi connectivity index (χ0n) is 25.1. The highest BCUT2D eigenvalue weighted by atomic mass is 16.2. The first-order chi connectivity index (χ1) is 23.6. The molecule has 2 amide bonds. The Kier molecular flexibility index (Phi) is 7.79. The highest BCUT2D eigenvalue weighted by Crippen LogP contribution is 2.42. The molecule has 0 bridgehead atoms. The number of para-hydroxylation sites is 2. The van der Waals surface area contributed by atoms with E-state index in [1.165, 1.54) is 0 Å². The van der Waals surface area contributed by atoms with E-state index in [0.29, 0.717) is 38.9 Å². The summed E-state index contributed by atoms with van der Waals surface area (Å²) in [7, 11) is 0. The fourth-order valence-corrected chi connectivity index (χ4v) is 5.98. The van der Waals surface area contributed by atoms with Crippen molar-refractivity contribution in [3.8, 4) is 0 Å². The Hall–Kier alpha value is -7.19. The van der Waals surface area contributed by atoms with Gasteiger partial charge in [0.2, 0.25) is 0 Å². The number of hydrogen-bond acceptors (Lipinski definition) is 4. The number of benzene rings is 5. The summed E-state index contributed by atoms with van der Waals surface area (Å²) in [6.07, 6.45) is 0. The number of anilines is 3. The monoisotopic (exact) mass is 625 g/mol. The first-order valence-corrected chi connectivity index (χ1v) is 14.8. The molecule has 2 heterocycles. The quantitative estimate of drug-likeness (QED) is 0.106. The number of aromatic amines is 1. The van der Waals surface area contributed by atoms with Crippen LogP contribution in [0.5, 0.6) is 0 Å². The Labute approximate surface area is 273 Å². The molecule has 7 rings (SSSR count). The molecule has 5 aromatic carbocycles. The standard InChI is InChI=1S/C37H23N9O2/c38-44-42-36(47)34-29-17-9-7-15-27(29)32(40-34)31(33-28-16-8-10-18-30(28)35(41-33)37(48)43-45-39)23-19-21-26(22-20-23)46(24-11-3-1-4-12-24)25-13-5-2-6-14-25/h1-22,40H/b33-31-. The van der Waals surface area contributed by atoms with Gasteiger partial charge < -0.3 is 9.88 Å². The average Bonchev–Trinajstić information content (AvgIpc) is 3.70. The Morgan fingerprint density at radius 3 is 1.69 bits per heavy atom. The van der Waals surface area contributed by atoms with Crippen molar-refractivity contribution >= 4 is 56.6 Å². The number of aromatic nitrogens is 1. The molecule has 0 atom stereocenters. The number of H-pyrrole nitrogens is 1. The second kappa shape index (κ2) is 12.7. The number of carbonyl (C=O) groups excluding carboxylic acids is 2. The molecule has 0 saturated heterocycles. The van der Waals surface area contributed by atoms with Crippen molar-refractivity contribution in [2.75, 3.05) is 4.90 Å². The third kappa shape index (κ3) is 5.25. The number of nitrogens with one attached hydrogen (secondary N) is 1. The van der Waals surface area contributed by atoms with Crippen LogP contribution in [0.2, 0.25) is 0 Å². The summed E-state index contributed by atoms with van der Waals surface area (Å²) < 4.78 is 0. The normalized spacial score (nSPS) is 12.7. The van der Waals surface area contributed by atoms with Crippen molar-refractivity contribution in [1.82, 2.24) is 4.98 Å². The molecule has 48 heavy (non-hydrogen) atoms. The highest BCUT2D eigenvalue weighted by molar-refractivity contribution is 6.49. The summed E-state index contributed by atoms with van der Waals surface area (Å²) in [6, 6.07) is 42.3. The molecular weight excluding hydrogens is 602 g/mol. The van der Waals surface area contributed by atoms with Gasteiger partial charge >= 0.3 is 0 Å². The van der Waals surface area contributed by atoms with E-state index >= 15 is 0 Å². The number of hydrogen-bond donors (Lipinski definition) is 1. The predicted octanol–water partition coefficient (Wildman–Crippen LogP) is 9.64.